The van der Waals surface area contributed by atoms with Crippen LogP contribution in [-0.2, 0) is 0 Å². The second kappa shape index (κ2) is 8.73. The largest absolute Gasteiger partial charge is 0.389 e. The van der Waals surface area contributed by atoms with E-state index in [1.807, 2.05) is 0 Å². The number of halogens is 3. The Bertz CT molecular complexity index is 1150. The van der Waals surface area contributed by atoms with Crippen molar-refractivity contribution >= 4 is 5.91 Å². The summed E-state index contributed by atoms with van der Waals surface area (Å²) in [5.74, 6) is -1.36. The van der Waals surface area contributed by atoms with Gasteiger partial charge in [0.1, 0.15) is 11.4 Å². The number of carbonyl (C=O) groups is 1. The van der Waals surface area contributed by atoms with Gasteiger partial charge in [-0.2, -0.15) is 9.78 Å². The highest BCUT2D eigenvalue weighted by Crippen LogP contribution is 2.23. The first-order valence-corrected chi connectivity index (χ1v) is 9.34. The molecule has 9 heteroatoms. The Kier molecular flexibility index (Phi) is 6.26. The molecule has 0 fully saturated rings. The zero-order valence-electron chi connectivity index (χ0n) is 16.8. The van der Waals surface area contributed by atoms with Gasteiger partial charge in [0, 0.05) is 17.7 Å². The maximum atomic E-state index is 13.7. The number of aliphatic hydroxyl groups is 1. The molecular formula is C22H20F3N3O3. The van der Waals surface area contributed by atoms with Crippen LogP contribution in [0.5, 0.6) is 0 Å². The first-order chi connectivity index (χ1) is 14.5. The topological polar surface area (TPSA) is 84.2 Å². The van der Waals surface area contributed by atoms with Gasteiger partial charge in [0.2, 0.25) is 0 Å². The fourth-order valence-corrected chi connectivity index (χ4v) is 2.77. The number of hydrogen-bond acceptors (Lipinski definition) is 4. The van der Waals surface area contributed by atoms with E-state index in [-0.39, 0.29) is 29.1 Å². The van der Waals surface area contributed by atoms with E-state index in [0.29, 0.717) is 5.56 Å². The summed E-state index contributed by atoms with van der Waals surface area (Å²) in [5.41, 5.74) is -1.87. The van der Waals surface area contributed by atoms with E-state index in [9.17, 15) is 27.9 Å². The molecule has 0 saturated heterocycles. The summed E-state index contributed by atoms with van der Waals surface area (Å²) < 4.78 is 40.3. The minimum absolute atomic E-state index is 0.0904. The van der Waals surface area contributed by atoms with Gasteiger partial charge in [-0.25, -0.2) is 13.2 Å². The number of benzene rings is 2. The molecule has 0 aliphatic rings. The average Bonchev–Trinajstić information content (AvgIpc) is 2.71. The lowest BCUT2D eigenvalue weighted by Crippen LogP contribution is -2.41. The van der Waals surface area contributed by atoms with Gasteiger partial charge in [-0.15, -0.1) is 0 Å². The Morgan fingerprint density at radius 1 is 1.16 bits per heavy atom. The molecule has 0 saturated carbocycles. The molecule has 1 heterocycles. The van der Waals surface area contributed by atoms with Crippen molar-refractivity contribution in [2.45, 2.75) is 25.9 Å². The van der Waals surface area contributed by atoms with E-state index in [1.165, 1.54) is 62.4 Å². The molecule has 3 rings (SSSR count). The maximum absolute atomic E-state index is 13.7. The minimum Gasteiger partial charge on any atom is -0.389 e. The molecule has 0 aliphatic heterocycles. The number of nitrogens with one attached hydrogen (secondary N) is 1. The third kappa shape index (κ3) is 5.37. The van der Waals surface area contributed by atoms with E-state index in [1.54, 1.807) is 0 Å². The fourth-order valence-electron chi connectivity index (χ4n) is 2.77. The Morgan fingerprint density at radius 3 is 2.42 bits per heavy atom. The molecule has 1 amide bonds. The third-order valence-electron chi connectivity index (χ3n) is 4.35. The normalized spacial score (nSPS) is 11.6. The van der Waals surface area contributed by atoms with Crippen LogP contribution in [0.25, 0.3) is 16.9 Å². The lowest BCUT2D eigenvalue weighted by Gasteiger charge is -2.18. The molecule has 6 nitrogen and oxygen atoms in total. The molecule has 0 radical (unpaired) electrons. The first-order valence-electron chi connectivity index (χ1n) is 9.34. The summed E-state index contributed by atoms with van der Waals surface area (Å²) in [4.78, 5) is 25.6. The monoisotopic (exact) mass is 431 g/mol. The minimum atomic E-state index is -2.65. The van der Waals surface area contributed by atoms with Crippen molar-refractivity contribution in [3.63, 3.8) is 0 Å². The van der Waals surface area contributed by atoms with Crippen molar-refractivity contribution in [3.05, 3.63) is 81.9 Å². The van der Waals surface area contributed by atoms with Crippen LogP contribution in [0.2, 0.25) is 0 Å². The highest BCUT2D eigenvalue weighted by molar-refractivity contribution is 5.94. The second-order valence-corrected chi connectivity index (χ2v) is 7.56. The molecule has 2 aromatic carbocycles. The summed E-state index contributed by atoms with van der Waals surface area (Å²) in [7, 11) is 0. The first kappa shape index (κ1) is 22.2. The van der Waals surface area contributed by atoms with Crippen molar-refractivity contribution in [2.24, 2.45) is 0 Å². The molecule has 0 spiro atoms. The average molecular weight is 431 g/mol. The van der Waals surface area contributed by atoms with Crippen LogP contribution >= 0.6 is 0 Å². The van der Waals surface area contributed by atoms with E-state index < -0.39 is 29.3 Å². The van der Waals surface area contributed by atoms with Crippen LogP contribution in [0.1, 0.15) is 36.2 Å². The lowest BCUT2D eigenvalue weighted by molar-refractivity contribution is 0.0693. The summed E-state index contributed by atoms with van der Waals surface area (Å²) in [5, 5.41) is 16.5. The standard InChI is InChI=1S/C22H20F3N3O3/c1-22(2,31)12-26-20(29)17-11-18(13-6-8-14(9-7-13)19(24)25)27-28(21(17)30)16-5-3-4-15(23)10-16/h3-11,19,31H,12H2,1-2H3,(H,26,29). The quantitative estimate of drug-likeness (QED) is 0.626. The van der Waals surface area contributed by atoms with Gasteiger partial charge in [0.05, 0.1) is 17.0 Å². The van der Waals surface area contributed by atoms with Crippen molar-refractivity contribution < 1.29 is 23.1 Å². The molecule has 0 unspecified atom stereocenters. The summed E-state index contributed by atoms with van der Waals surface area (Å²) in [6.45, 7) is 2.85. The number of aromatic nitrogens is 2. The molecule has 0 aliphatic carbocycles. The number of hydrogen-bond donors (Lipinski definition) is 2. The molecule has 2 N–H and O–H groups in total. The highest BCUT2D eigenvalue weighted by atomic mass is 19.3. The fraction of sp³-hybridized carbons (Fsp3) is 0.227. The van der Waals surface area contributed by atoms with E-state index in [0.717, 1.165) is 10.7 Å². The SMILES string of the molecule is CC(C)(O)CNC(=O)c1cc(-c2ccc(C(F)F)cc2)nn(-c2cccc(F)c2)c1=O. The predicted octanol–water partition coefficient (Wildman–Crippen LogP) is 3.48. The predicted molar refractivity (Wildman–Crippen MR) is 109 cm³/mol. The molecule has 1 aromatic heterocycles. The number of alkyl halides is 2. The zero-order valence-corrected chi connectivity index (χ0v) is 16.8. The molecule has 0 bridgehead atoms. The van der Waals surface area contributed by atoms with Gasteiger partial charge < -0.3 is 10.4 Å². The molecule has 3 aromatic rings. The van der Waals surface area contributed by atoms with Gasteiger partial charge in [0.25, 0.3) is 17.9 Å². The Balaban J connectivity index is 2.13. The number of carbonyl (C=O) groups excluding carboxylic acids is 1. The van der Waals surface area contributed by atoms with Crippen LogP contribution in [0.3, 0.4) is 0 Å². The number of rotatable bonds is 6. The van der Waals surface area contributed by atoms with Crippen LogP contribution in [0.15, 0.2) is 59.4 Å². The Morgan fingerprint density at radius 2 is 1.84 bits per heavy atom. The van der Waals surface area contributed by atoms with E-state index in [2.05, 4.69) is 10.4 Å². The van der Waals surface area contributed by atoms with Gasteiger partial charge in [-0.3, -0.25) is 9.59 Å². The molecule has 162 valence electrons. The Labute approximate surface area is 176 Å². The van der Waals surface area contributed by atoms with E-state index >= 15 is 0 Å². The van der Waals surface area contributed by atoms with Gasteiger partial charge in [-0.05, 0) is 38.1 Å². The summed E-state index contributed by atoms with van der Waals surface area (Å²) in [6.07, 6.45) is -2.65. The van der Waals surface area contributed by atoms with Gasteiger partial charge in [-0.1, -0.05) is 30.3 Å². The Hall–Kier alpha value is -3.46. The van der Waals surface area contributed by atoms with Gasteiger partial charge in [0.15, 0.2) is 0 Å². The zero-order chi connectivity index (χ0) is 22.8. The van der Waals surface area contributed by atoms with Crippen LogP contribution < -0.4 is 10.9 Å². The van der Waals surface area contributed by atoms with Crippen molar-refractivity contribution in [1.82, 2.24) is 15.1 Å². The smallest absolute Gasteiger partial charge is 0.284 e. The number of nitrogens with zero attached hydrogens (tertiary/aromatic N) is 2. The molecule has 31 heavy (non-hydrogen) atoms. The number of amides is 1. The summed E-state index contributed by atoms with van der Waals surface area (Å²) in [6, 6.07) is 11.5. The highest BCUT2D eigenvalue weighted by Gasteiger charge is 2.20. The maximum Gasteiger partial charge on any atom is 0.284 e. The van der Waals surface area contributed by atoms with E-state index in [4.69, 9.17) is 0 Å². The van der Waals surface area contributed by atoms with Crippen molar-refractivity contribution in [2.75, 3.05) is 6.54 Å². The van der Waals surface area contributed by atoms with Crippen molar-refractivity contribution in [3.8, 4) is 16.9 Å². The van der Waals surface area contributed by atoms with Gasteiger partial charge >= 0.3 is 0 Å². The molecular weight excluding hydrogens is 411 g/mol. The molecule has 0 atom stereocenters. The second-order valence-electron chi connectivity index (χ2n) is 7.56. The van der Waals surface area contributed by atoms with Crippen LogP contribution in [0, 0.1) is 5.82 Å². The summed E-state index contributed by atoms with van der Waals surface area (Å²) >= 11 is 0. The lowest BCUT2D eigenvalue weighted by atomic mass is 10.1. The van der Waals surface area contributed by atoms with Crippen LogP contribution in [-0.4, -0.2) is 32.9 Å². The third-order valence-corrected chi connectivity index (χ3v) is 4.35. The van der Waals surface area contributed by atoms with Crippen molar-refractivity contribution in [1.29, 1.82) is 0 Å². The van der Waals surface area contributed by atoms with Crippen LogP contribution in [0.4, 0.5) is 13.2 Å².